The quantitative estimate of drug-likeness (QED) is 0.274. The lowest BCUT2D eigenvalue weighted by molar-refractivity contribution is -0.383. The van der Waals surface area contributed by atoms with Gasteiger partial charge in [-0.15, -0.1) is 24.8 Å². The van der Waals surface area contributed by atoms with Crippen molar-refractivity contribution >= 4 is 58.0 Å². The highest BCUT2D eigenvalue weighted by atomic mass is 35.5. The molecule has 1 unspecified atom stereocenters. The van der Waals surface area contributed by atoms with E-state index in [2.05, 4.69) is 10.3 Å². The molecule has 0 aliphatic carbocycles. The standard InChI is InChI=1S/C22H22N4O5.2ClH/c1-14(2)25(18-10-11-19(26(28)29)22-21(18)23-31-24-22)12-16(27)13-30-20-9-5-7-15-6-3-4-8-17(15)20;;/h3-11,14,16,27H,12-13H2,1-2H3;2*1H. The molecule has 4 rings (SSSR count). The molecule has 176 valence electrons. The molecule has 9 nitrogen and oxygen atoms in total. The van der Waals surface area contributed by atoms with Crippen LogP contribution in [0.25, 0.3) is 21.8 Å². The van der Waals surface area contributed by atoms with Crippen LogP contribution in [0, 0.1) is 10.1 Å². The molecular formula is C22H24Cl2N4O5. The molecule has 0 fully saturated rings. The largest absolute Gasteiger partial charge is 0.490 e. The molecule has 1 atom stereocenters. The summed E-state index contributed by atoms with van der Waals surface area (Å²) in [5.74, 6) is 0.701. The first-order chi connectivity index (χ1) is 15.0. The van der Waals surface area contributed by atoms with Crippen LogP contribution in [-0.2, 0) is 0 Å². The smallest absolute Gasteiger partial charge is 0.300 e. The van der Waals surface area contributed by atoms with Gasteiger partial charge in [-0.1, -0.05) is 36.4 Å². The monoisotopic (exact) mass is 494 g/mol. The van der Waals surface area contributed by atoms with Crippen LogP contribution in [0.1, 0.15) is 13.8 Å². The van der Waals surface area contributed by atoms with Crippen LogP contribution >= 0.6 is 24.8 Å². The van der Waals surface area contributed by atoms with Crippen LogP contribution in [0.2, 0.25) is 0 Å². The number of nitro groups is 1. The van der Waals surface area contributed by atoms with E-state index in [0.29, 0.717) is 11.4 Å². The highest BCUT2D eigenvalue weighted by Crippen LogP contribution is 2.32. The number of non-ortho nitro benzene ring substituents is 1. The summed E-state index contributed by atoms with van der Waals surface area (Å²) < 4.78 is 10.7. The first kappa shape index (κ1) is 26.1. The lowest BCUT2D eigenvalue weighted by Crippen LogP contribution is -2.40. The first-order valence-electron chi connectivity index (χ1n) is 9.90. The zero-order valence-electron chi connectivity index (χ0n) is 18.0. The van der Waals surface area contributed by atoms with Crippen LogP contribution in [0.4, 0.5) is 11.4 Å². The highest BCUT2D eigenvalue weighted by Gasteiger charge is 2.25. The lowest BCUT2D eigenvalue weighted by Gasteiger charge is -2.31. The summed E-state index contributed by atoms with van der Waals surface area (Å²) in [6.45, 7) is 4.24. The van der Waals surface area contributed by atoms with Gasteiger partial charge < -0.3 is 14.7 Å². The number of benzene rings is 3. The van der Waals surface area contributed by atoms with Crippen molar-refractivity contribution < 1.29 is 19.4 Å². The van der Waals surface area contributed by atoms with Gasteiger partial charge in [0.1, 0.15) is 18.5 Å². The number of rotatable bonds is 8. The van der Waals surface area contributed by atoms with E-state index < -0.39 is 11.0 Å². The Labute approximate surface area is 202 Å². The predicted octanol–water partition coefficient (Wildman–Crippen LogP) is 4.78. The minimum absolute atomic E-state index is 0. The number of fused-ring (bicyclic) bond motifs is 2. The van der Waals surface area contributed by atoms with Crippen LogP contribution in [0.3, 0.4) is 0 Å². The van der Waals surface area contributed by atoms with Crippen LogP contribution in [0.15, 0.2) is 59.2 Å². The van der Waals surface area contributed by atoms with E-state index >= 15 is 0 Å². The van der Waals surface area contributed by atoms with Gasteiger partial charge in [-0.2, -0.15) is 0 Å². The Morgan fingerprint density at radius 1 is 1.06 bits per heavy atom. The molecule has 1 heterocycles. The minimum atomic E-state index is -0.813. The second-order valence-electron chi connectivity index (χ2n) is 7.51. The van der Waals surface area contributed by atoms with Gasteiger partial charge in [-0.3, -0.25) is 10.1 Å². The molecule has 0 radical (unpaired) electrons. The fraction of sp³-hybridized carbons (Fsp3) is 0.273. The summed E-state index contributed by atoms with van der Waals surface area (Å²) in [5, 5.41) is 31.5. The average Bonchev–Trinajstić information content (AvgIpc) is 3.25. The molecule has 4 aromatic rings. The molecule has 33 heavy (non-hydrogen) atoms. The van der Waals surface area contributed by atoms with Crippen molar-refractivity contribution in [2.75, 3.05) is 18.1 Å². The number of halogens is 2. The van der Waals surface area contributed by atoms with Crippen LogP contribution in [0.5, 0.6) is 5.75 Å². The first-order valence-corrected chi connectivity index (χ1v) is 9.90. The van der Waals surface area contributed by atoms with Crippen molar-refractivity contribution in [2.24, 2.45) is 0 Å². The van der Waals surface area contributed by atoms with Gasteiger partial charge in [0.25, 0.3) is 0 Å². The molecule has 11 heteroatoms. The van der Waals surface area contributed by atoms with Gasteiger partial charge in [0.05, 0.1) is 10.6 Å². The number of nitro benzene ring substituents is 1. The maximum absolute atomic E-state index is 11.2. The van der Waals surface area contributed by atoms with Crippen LogP contribution < -0.4 is 9.64 Å². The Morgan fingerprint density at radius 3 is 2.48 bits per heavy atom. The SMILES string of the molecule is CC(C)N(CC(O)COc1cccc2ccccc12)c1ccc([N+](=O)[O-])c2nonc12.Cl.Cl. The number of aliphatic hydroxyl groups is 1. The summed E-state index contributed by atoms with van der Waals surface area (Å²) in [6, 6.07) is 16.6. The Balaban J connectivity index is 0.00000193. The number of anilines is 1. The highest BCUT2D eigenvalue weighted by molar-refractivity contribution is 5.94. The van der Waals surface area contributed by atoms with E-state index in [9.17, 15) is 15.2 Å². The van der Waals surface area contributed by atoms with Crippen molar-refractivity contribution in [3.8, 4) is 5.75 Å². The van der Waals surface area contributed by atoms with Crippen molar-refractivity contribution in [1.29, 1.82) is 0 Å². The third-order valence-electron chi connectivity index (χ3n) is 5.09. The molecule has 1 aromatic heterocycles. The number of nitrogens with zero attached hydrogens (tertiary/aromatic N) is 4. The fourth-order valence-corrected chi connectivity index (χ4v) is 3.59. The fourth-order valence-electron chi connectivity index (χ4n) is 3.59. The molecule has 0 saturated heterocycles. The van der Waals surface area contributed by atoms with E-state index in [1.165, 1.54) is 6.07 Å². The molecular weight excluding hydrogens is 471 g/mol. The zero-order valence-corrected chi connectivity index (χ0v) is 19.6. The number of hydrogen-bond donors (Lipinski definition) is 1. The minimum Gasteiger partial charge on any atom is -0.490 e. The molecule has 3 aromatic carbocycles. The van der Waals surface area contributed by atoms with E-state index in [1.807, 2.05) is 61.2 Å². The van der Waals surface area contributed by atoms with E-state index in [0.717, 1.165) is 10.8 Å². The van der Waals surface area contributed by atoms with Gasteiger partial charge in [-0.05, 0) is 41.7 Å². The third kappa shape index (κ3) is 5.44. The Hall–Kier alpha value is -3.14. The normalized spacial score (nSPS) is 11.6. The third-order valence-corrected chi connectivity index (χ3v) is 5.09. The molecule has 0 spiro atoms. The van der Waals surface area contributed by atoms with Gasteiger partial charge in [0.15, 0.2) is 5.52 Å². The van der Waals surface area contributed by atoms with Gasteiger partial charge in [-0.25, -0.2) is 4.63 Å². The molecule has 1 N–H and O–H groups in total. The maximum atomic E-state index is 11.2. The second-order valence-corrected chi connectivity index (χ2v) is 7.51. The maximum Gasteiger partial charge on any atom is 0.300 e. The lowest BCUT2D eigenvalue weighted by atomic mass is 10.1. The second kappa shape index (κ2) is 11.1. The predicted molar refractivity (Wildman–Crippen MR) is 131 cm³/mol. The molecule has 0 aliphatic heterocycles. The Bertz CT molecular complexity index is 1230. The van der Waals surface area contributed by atoms with Crippen molar-refractivity contribution in [3.63, 3.8) is 0 Å². The summed E-state index contributed by atoms with van der Waals surface area (Å²) >= 11 is 0. The summed E-state index contributed by atoms with van der Waals surface area (Å²) in [6.07, 6.45) is -0.813. The molecule has 0 aliphatic rings. The average molecular weight is 495 g/mol. The van der Waals surface area contributed by atoms with Crippen LogP contribution in [-0.4, -0.2) is 45.6 Å². The Morgan fingerprint density at radius 2 is 1.76 bits per heavy atom. The number of hydrogen-bond acceptors (Lipinski definition) is 8. The van der Waals surface area contributed by atoms with Crippen molar-refractivity contribution in [1.82, 2.24) is 10.3 Å². The molecule has 0 amide bonds. The van der Waals surface area contributed by atoms with Gasteiger partial charge >= 0.3 is 5.69 Å². The van der Waals surface area contributed by atoms with E-state index in [4.69, 9.17) is 9.37 Å². The molecule has 0 bridgehead atoms. The summed E-state index contributed by atoms with van der Waals surface area (Å²) in [7, 11) is 0. The number of ether oxygens (including phenoxy) is 1. The van der Waals surface area contributed by atoms with Crippen molar-refractivity contribution in [3.05, 3.63) is 64.7 Å². The number of aromatic nitrogens is 2. The van der Waals surface area contributed by atoms with E-state index in [-0.39, 0.29) is 60.7 Å². The van der Waals surface area contributed by atoms with Gasteiger partial charge in [0, 0.05) is 24.0 Å². The topological polar surface area (TPSA) is 115 Å². The molecule has 0 saturated carbocycles. The number of aliphatic hydroxyl groups excluding tert-OH is 1. The van der Waals surface area contributed by atoms with Crippen molar-refractivity contribution in [2.45, 2.75) is 26.0 Å². The summed E-state index contributed by atoms with van der Waals surface area (Å²) in [4.78, 5) is 12.6. The zero-order chi connectivity index (χ0) is 22.0. The van der Waals surface area contributed by atoms with Gasteiger partial charge in [0.2, 0.25) is 5.52 Å². The Kier molecular flexibility index (Phi) is 8.81. The summed E-state index contributed by atoms with van der Waals surface area (Å²) in [5.41, 5.74) is 0.782. The van der Waals surface area contributed by atoms with E-state index in [1.54, 1.807) is 6.07 Å².